The zero-order valence-electron chi connectivity index (χ0n) is 9.64. The summed E-state index contributed by atoms with van der Waals surface area (Å²) >= 11 is 0. The summed E-state index contributed by atoms with van der Waals surface area (Å²) < 4.78 is 44.6. The van der Waals surface area contributed by atoms with Gasteiger partial charge in [0.1, 0.15) is 5.75 Å². The van der Waals surface area contributed by atoms with Gasteiger partial charge in [-0.2, -0.15) is 0 Å². The molecule has 2 aromatic rings. The summed E-state index contributed by atoms with van der Waals surface area (Å²) in [5.41, 5.74) is 0.312. The summed E-state index contributed by atoms with van der Waals surface area (Å²) in [6, 6.07) is 9.56. The zero-order chi connectivity index (χ0) is 13.1. The van der Waals surface area contributed by atoms with E-state index in [2.05, 4.69) is 6.07 Å². The van der Waals surface area contributed by atoms with Crippen LogP contribution in [0.4, 0.5) is 13.2 Å². The largest absolute Gasteiger partial charge is 0.494 e. The van der Waals surface area contributed by atoms with Gasteiger partial charge in [0.05, 0.1) is 6.61 Å². The average molecular weight is 251 g/mol. The molecule has 2 rings (SSSR count). The fourth-order valence-corrected chi connectivity index (χ4v) is 1.57. The van der Waals surface area contributed by atoms with Crippen LogP contribution in [0.2, 0.25) is 0 Å². The normalized spacial score (nSPS) is 10.4. The fourth-order valence-electron chi connectivity index (χ4n) is 1.57. The van der Waals surface area contributed by atoms with Crippen molar-refractivity contribution in [2.45, 2.75) is 6.92 Å². The van der Waals surface area contributed by atoms with Gasteiger partial charge in [0.25, 0.3) is 0 Å². The second-order valence-electron chi connectivity index (χ2n) is 3.60. The summed E-state index contributed by atoms with van der Waals surface area (Å²) in [4.78, 5) is 0. The number of rotatable bonds is 3. The molecule has 0 N–H and O–H groups in total. The molecule has 2 aromatic carbocycles. The molecule has 0 amide bonds. The predicted octanol–water partition coefficient (Wildman–Crippen LogP) is 3.97. The first-order chi connectivity index (χ1) is 8.63. The molecule has 93 valence electrons. The highest BCUT2D eigenvalue weighted by Gasteiger charge is 2.14. The van der Waals surface area contributed by atoms with Crippen LogP contribution < -0.4 is 4.74 Å². The fraction of sp³-hybridized carbons (Fsp3) is 0.143. The third kappa shape index (κ3) is 2.32. The zero-order valence-corrected chi connectivity index (χ0v) is 9.64. The Hall–Kier alpha value is -1.97. The maximum Gasteiger partial charge on any atom is 0.195 e. The monoisotopic (exact) mass is 251 g/mol. The molecule has 0 aromatic heterocycles. The molecule has 0 saturated carbocycles. The average Bonchev–Trinajstić information content (AvgIpc) is 2.38. The van der Waals surface area contributed by atoms with E-state index in [0.29, 0.717) is 17.9 Å². The molecule has 0 aliphatic carbocycles. The Labute approximate surface area is 103 Å². The molecular formula is C14H10F3O. The van der Waals surface area contributed by atoms with Crippen LogP contribution in [0.1, 0.15) is 6.92 Å². The van der Waals surface area contributed by atoms with Crippen LogP contribution in [0.5, 0.6) is 5.75 Å². The highest BCUT2D eigenvalue weighted by Crippen LogP contribution is 2.26. The van der Waals surface area contributed by atoms with Crippen LogP contribution >= 0.6 is 0 Å². The van der Waals surface area contributed by atoms with Crippen LogP contribution in [-0.2, 0) is 0 Å². The number of ether oxygens (including phenoxy) is 1. The Balaban J connectivity index is 2.40. The lowest BCUT2D eigenvalue weighted by molar-refractivity contribution is 0.340. The van der Waals surface area contributed by atoms with Crippen molar-refractivity contribution >= 4 is 0 Å². The van der Waals surface area contributed by atoms with Gasteiger partial charge in [-0.3, -0.25) is 0 Å². The first-order valence-electron chi connectivity index (χ1n) is 5.42. The maximum atomic E-state index is 13.5. The van der Waals surface area contributed by atoms with Gasteiger partial charge >= 0.3 is 0 Å². The summed E-state index contributed by atoms with van der Waals surface area (Å²) in [5.74, 6) is -3.34. The van der Waals surface area contributed by atoms with Crippen LogP contribution in [0.3, 0.4) is 0 Å². The molecule has 1 radical (unpaired) electrons. The number of benzene rings is 2. The standard InChI is InChI=1S/C14H10F3O/c1-2-18-10-5-3-9(4-6-10)11-7-8-12(15)14(17)13(11)16/h3-6,8H,2H2,1H3. The third-order valence-electron chi connectivity index (χ3n) is 2.42. The summed E-state index contributed by atoms with van der Waals surface area (Å²) in [7, 11) is 0. The Morgan fingerprint density at radius 3 is 2.33 bits per heavy atom. The summed E-state index contributed by atoms with van der Waals surface area (Å²) in [5, 5.41) is 0. The first-order valence-corrected chi connectivity index (χ1v) is 5.42. The van der Waals surface area contributed by atoms with Crippen LogP contribution in [0, 0.1) is 23.5 Å². The highest BCUT2D eigenvalue weighted by atomic mass is 19.2. The number of hydrogen-bond donors (Lipinski definition) is 0. The molecule has 4 heteroatoms. The van der Waals surface area contributed by atoms with Crippen LogP contribution in [0.15, 0.2) is 30.3 Å². The van der Waals surface area contributed by atoms with Crippen molar-refractivity contribution in [3.05, 3.63) is 53.8 Å². The summed E-state index contributed by atoms with van der Waals surface area (Å²) in [6.45, 7) is 2.36. The van der Waals surface area contributed by atoms with E-state index in [1.807, 2.05) is 6.92 Å². The Morgan fingerprint density at radius 2 is 1.72 bits per heavy atom. The van der Waals surface area contributed by atoms with Gasteiger partial charge in [0, 0.05) is 5.56 Å². The minimum atomic E-state index is -1.49. The molecule has 0 aliphatic rings. The molecule has 18 heavy (non-hydrogen) atoms. The van der Waals surface area contributed by atoms with Gasteiger partial charge < -0.3 is 4.74 Å². The van der Waals surface area contributed by atoms with Gasteiger partial charge in [-0.25, -0.2) is 13.2 Å². The Bertz CT molecular complexity index is 550. The van der Waals surface area contributed by atoms with Crippen molar-refractivity contribution < 1.29 is 17.9 Å². The van der Waals surface area contributed by atoms with Crippen LogP contribution in [-0.4, -0.2) is 6.61 Å². The van der Waals surface area contributed by atoms with Gasteiger partial charge in [0.15, 0.2) is 17.5 Å². The lowest BCUT2D eigenvalue weighted by atomic mass is 10.0. The minimum Gasteiger partial charge on any atom is -0.494 e. The molecular weight excluding hydrogens is 241 g/mol. The quantitative estimate of drug-likeness (QED) is 0.750. The SMILES string of the molecule is CCOc1ccc(-c2[c]cc(F)c(F)c2F)cc1. The van der Waals surface area contributed by atoms with Gasteiger partial charge in [-0.1, -0.05) is 12.1 Å². The second kappa shape index (κ2) is 5.12. The van der Waals surface area contributed by atoms with Crippen molar-refractivity contribution in [3.8, 4) is 16.9 Å². The van der Waals surface area contributed by atoms with E-state index in [4.69, 9.17) is 4.74 Å². The van der Waals surface area contributed by atoms with Gasteiger partial charge in [-0.15, -0.1) is 0 Å². The molecule has 0 heterocycles. The lowest BCUT2D eigenvalue weighted by Crippen LogP contribution is -1.95. The molecule has 0 bridgehead atoms. The maximum absolute atomic E-state index is 13.5. The van der Waals surface area contributed by atoms with Crippen molar-refractivity contribution in [2.75, 3.05) is 6.61 Å². The van der Waals surface area contributed by atoms with E-state index in [-0.39, 0.29) is 5.56 Å². The van der Waals surface area contributed by atoms with E-state index >= 15 is 0 Å². The smallest absolute Gasteiger partial charge is 0.195 e. The lowest BCUT2D eigenvalue weighted by Gasteiger charge is -2.06. The molecule has 0 saturated heterocycles. The first kappa shape index (κ1) is 12.5. The van der Waals surface area contributed by atoms with E-state index < -0.39 is 17.5 Å². The van der Waals surface area contributed by atoms with Crippen molar-refractivity contribution in [1.29, 1.82) is 0 Å². The van der Waals surface area contributed by atoms with Gasteiger partial charge in [0.2, 0.25) is 0 Å². The molecule has 0 aliphatic heterocycles. The Kier molecular flexibility index (Phi) is 3.55. The molecule has 0 spiro atoms. The number of hydrogen-bond acceptors (Lipinski definition) is 1. The molecule has 0 fully saturated rings. The van der Waals surface area contributed by atoms with E-state index in [1.165, 1.54) is 0 Å². The van der Waals surface area contributed by atoms with E-state index in [9.17, 15) is 13.2 Å². The topological polar surface area (TPSA) is 9.23 Å². The third-order valence-corrected chi connectivity index (χ3v) is 2.42. The van der Waals surface area contributed by atoms with Crippen molar-refractivity contribution in [1.82, 2.24) is 0 Å². The van der Waals surface area contributed by atoms with Gasteiger partial charge in [-0.05, 0) is 36.8 Å². The Morgan fingerprint density at radius 1 is 1.06 bits per heavy atom. The second-order valence-corrected chi connectivity index (χ2v) is 3.60. The van der Waals surface area contributed by atoms with E-state index in [1.54, 1.807) is 24.3 Å². The minimum absolute atomic E-state index is 0.100. The van der Waals surface area contributed by atoms with Crippen molar-refractivity contribution in [2.24, 2.45) is 0 Å². The van der Waals surface area contributed by atoms with E-state index in [0.717, 1.165) is 6.07 Å². The molecule has 1 nitrogen and oxygen atoms in total. The van der Waals surface area contributed by atoms with Crippen LogP contribution in [0.25, 0.3) is 11.1 Å². The summed E-state index contributed by atoms with van der Waals surface area (Å²) in [6.07, 6.45) is 0. The molecule has 0 unspecified atom stereocenters. The predicted molar refractivity (Wildman–Crippen MR) is 61.8 cm³/mol. The molecule has 0 atom stereocenters. The number of halogens is 3. The van der Waals surface area contributed by atoms with Crippen molar-refractivity contribution in [3.63, 3.8) is 0 Å². The highest BCUT2D eigenvalue weighted by molar-refractivity contribution is 5.64.